The molecule has 13 heavy (non-hydrogen) atoms. The average molecular weight is 175 g/mol. The quantitative estimate of drug-likeness (QED) is 0.559. The van der Waals surface area contributed by atoms with Gasteiger partial charge >= 0.3 is 0 Å². The van der Waals surface area contributed by atoms with Crippen LogP contribution in [0.4, 0.5) is 0 Å². The maximum absolute atomic E-state index is 10.2. The first-order valence-electron chi connectivity index (χ1n) is 4.22. The van der Waals surface area contributed by atoms with Crippen molar-refractivity contribution in [1.82, 2.24) is 5.32 Å². The maximum Gasteiger partial charge on any atom is 0.147 e. The summed E-state index contributed by atoms with van der Waals surface area (Å²) < 4.78 is 0. The van der Waals surface area contributed by atoms with Gasteiger partial charge in [-0.05, 0) is 12.5 Å². The highest BCUT2D eigenvalue weighted by Gasteiger charge is 1.87. The van der Waals surface area contributed by atoms with Crippen LogP contribution in [0.15, 0.2) is 42.1 Å². The highest BCUT2D eigenvalue weighted by Crippen LogP contribution is 1.97. The van der Waals surface area contributed by atoms with Crippen LogP contribution in [0.2, 0.25) is 0 Å². The van der Waals surface area contributed by atoms with E-state index in [0.29, 0.717) is 5.57 Å². The molecule has 0 fully saturated rings. The van der Waals surface area contributed by atoms with Crippen LogP contribution in [-0.2, 0) is 11.3 Å². The fraction of sp³-hybridized carbons (Fsp3) is 0.182. The fourth-order valence-electron chi connectivity index (χ4n) is 0.960. The Morgan fingerprint density at radius 2 is 2.08 bits per heavy atom. The molecule has 0 bridgehead atoms. The predicted octanol–water partition coefficient (Wildman–Crippen LogP) is 1.88. The molecule has 68 valence electrons. The van der Waals surface area contributed by atoms with Crippen molar-refractivity contribution in [1.29, 1.82) is 0 Å². The molecule has 1 N–H and O–H groups in total. The van der Waals surface area contributed by atoms with Crippen molar-refractivity contribution in [3.05, 3.63) is 47.7 Å². The molecule has 1 aromatic carbocycles. The van der Waals surface area contributed by atoms with Gasteiger partial charge in [0.25, 0.3) is 0 Å². The normalized spacial score (nSPS) is 11.0. The summed E-state index contributed by atoms with van der Waals surface area (Å²) in [6.45, 7) is 2.52. The Bertz CT molecular complexity index is 290. The van der Waals surface area contributed by atoms with Crippen LogP contribution in [0.25, 0.3) is 0 Å². The Labute approximate surface area is 78.3 Å². The number of rotatable bonds is 4. The predicted molar refractivity (Wildman–Crippen MR) is 53.1 cm³/mol. The van der Waals surface area contributed by atoms with Crippen molar-refractivity contribution in [2.75, 3.05) is 0 Å². The molecule has 0 saturated heterocycles. The summed E-state index contributed by atoms with van der Waals surface area (Å²) in [5, 5.41) is 3.06. The number of allylic oxidation sites excluding steroid dienone is 1. The van der Waals surface area contributed by atoms with Crippen molar-refractivity contribution < 1.29 is 4.79 Å². The Morgan fingerprint density at radius 1 is 1.38 bits per heavy atom. The van der Waals surface area contributed by atoms with E-state index >= 15 is 0 Å². The van der Waals surface area contributed by atoms with Crippen molar-refractivity contribution in [3.63, 3.8) is 0 Å². The van der Waals surface area contributed by atoms with E-state index in [2.05, 4.69) is 5.32 Å². The second kappa shape index (κ2) is 5.14. The van der Waals surface area contributed by atoms with E-state index in [9.17, 15) is 4.79 Å². The van der Waals surface area contributed by atoms with Gasteiger partial charge in [0, 0.05) is 18.3 Å². The lowest BCUT2D eigenvalue weighted by Crippen LogP contribution is -2.05. The molecule has 0 aliphatic heterocycles. The van der Waals surface area contributed by atoms with Gasteiger partial charge in [-0.2, -0.15) is 0 Å². The number of nitrogens with one attached hydrogen (secondary N) is 1. The fourth-order valence-corrected chi connectivity index (χ4v) is 0.960. The topological polar surface area (TPSA) is 29.1 Å². The number of hydrogen-bond acceptors (Lipinski definition) is 2. The zero-order valence-electron chi connectivity index (χ0n) is 7.66. The Hall–Kier alpha value is -1.57. The van der Waals surface area contributed by atoms with Gasteiger partial charge in [-0.25, -0.2) is 0 Å². The van der Waals surface area contributed by atoms with Gasteiger partial charge in [0.15, 0.2) is 0 Å². The van der Waals surface area contributed by atoms with E-state index in [0.717, 1.165) is 12.8 Å². The molecule has 0 radical (unpaired) electrons. The van der Waals surface area contributed by atoms with Crippen LogP contribution < -0.4 is 5.32 Å². The van der Waals surface area contributed by atoms with Gasteiger partial charge < -0.3 is 5.32 Å². The van der Waals surface area contributed by atoms with Crippen LogP contribution in [0.5, 0.6) is 0 Å². The third-order valence-electron chi connectivity index (χ3n) is 1.66. The number of carbonyl (C=O) groups is 1. The average Bonchev–Trinajstić information content (AvgIpc) is 2.19. The summed E-state index contributed by atoms with van der Waals surface area (Å²) in [6.07, 6.45) is 2.55. The first-order chi connectivity index (χ1) is 6.33. The molecule has 0 unspecified atom stereocenters. The summed E-state index contributed by atoms with van der Waals surface area (Å²) >= 11 is 0. The number of hydrogen-bond donors (Lipinski definition) is 1. The first-order valence-corrected chi connectivity index (χ1v) is 4.22. The monoisotopic (exact) mass is 175 g/mol. The molecular weight excluding hydrogens is 162 g/mol. The molecule has 2 heteroatoms. The molecule has 1 rings (SSSR count). The first kappa shape index (κ1) is 9.52. The summed E-state index contributed by atoms with van der Waals surface area (Å²) in [7, 11) is 0. The van der Waals surface area contributed by atoms with Crippen molar-refractivity contribution in [3.8, 4) is 0 Å². The molecule has 0 aliphatic carbocycles. The second-order valence-corrected chi connectivity index (χ2v) is 2.87. The lowest BCUT2D eigenvalue weighted by atomic mass is 10.2. The zero-order chi connectivity index (χ0) is 9.52. The molecule has 1 aromatic rings. The molecule has 0 saturated carbocycles. The van der Waals surface area contributed by atoms with E-state index in [-0.39, 0.29) is 0 Å². The lowest BCUT2D eigenvalue weighted by molar-refractivity contribution is -0.104. The van der Waals surface area contributed by atoms with E-state index in [1.165, 1.54) is 5.56 Å². The van der Waals surface area contributed by atoms with Crippen LogP contribution in [0, 0.1) is 0 Å². The largest absolute Gasteiger partial charge is 0.387 e. The molecule has 0 amide bonds. The van der Waals surface area contributed by atoms with Crippen LogP contribution in [0.3, 0.4) is 0 Å². The van der Waals surface area contributed by atoms with E-state index in [1.54, 1.807) is 13.1 Å². The minimum Gasteiger partial charge on any atom is -0.387 e. The van der Waals surface area contributed by atoms with E-state index in [4.69, 9.17) is 0 Å². The summed E-state index contributed by atoms with van der Waals surface area (Å²) in [4.78, 5) is 10.2. The second-order valence-electron chi connectivity index (χ2n) is 2.87. The number of benzene rings is 1. The minimum absolute atomic E-state index is 0.705. The molecule has 0 heterocycles. The van der Waals surface area contributed by atoms with Gasteiger partial charge in [0.1, 0.15) is 6.29 Å². The smallest absolute Gasteiger partial charge is 0.147 e. The number of aldehydes is 1. The summed E-state index contributed by atoms with van der Waals surface area (Å²) in [5.41, 5.74) is 1.91. The molecule has 0 atom stereocenters. The molecular formula is C11H13NO. The van der Waals surface area contributed by atoms with E-state index < -0.39 is 0 Å². The third kappa shape index (κ3) is 3.56. The SMILES string of the molecule is CC(C=O)=CNCc1ccccc1. The van der Waals surface area contributed by atoms with Gasteiger partial charge in [-0.3, -0.25) is 4.79 Å². The van der Waals surface area contributed by atoms with Gasteiger partial charge in [-0.15, -0.1) is 0 Å². The standard InChI is InChI=1S/C11H13NO/c1-10(9-13)7-12-8-11-5-3-2-4-6-11/h2-7,9,12H,8H2,1H3. The molecule has 0 aromatic heterocycles. The van der Waals surface area contributed by atoms with Gasteiger partial charge in [0.2, 0.25) is 0 Å². The van der Waals surface area contributed by atoms with Crippen molar-refractivity contribution >= 4 is 6.29 Å². The summed E-state index contributed by atoms with van der Waals surface area (Å²) in [5.74, 6) is 0. The molecule has 0 aliphatic rings. The van der Waals surface area contributed by atoms with Crippen LogP contribution in [0.1, 0.15) is 12.5 Å². The van der Waals surface area contributed by atoms with Gasteiger partial charge in [0.05, 0.1) is 0 Å². The zero-order valence-corrected chi connectivity index (χ0v) is 7.66. The Morgan fingerprint density at radius 3 is 2.69 bits per heavy atom. The highest BCUT2D eigenvalue weighted by atomic mass is 16.1. The molecule has 2 nitrogen and oxygen atoms in total. The molecule has 0 spiro atoms. The summed E-state index contributed by atoms with van der Waals surface area (Å²) in [6, 6.07) is 10.0. The van der Waals surface area contributed by atoms with Gasteiger partial charge in [-0.1, -0.05) is 30.3 Å². The van der Waals surface area contributed by atoms with Crippen LogP contribution >= 0.6 is 0 Å². The van der Waals surface area contributed by atoms with Crippen LogP contribution in [-0.4, -0.2) is 6.29 Å². The Balaban J connectivity index is 2.40. The maximum atomic E-state index is 10.2. The Kier molecular flexibility index (Phi) is 3.76. The van der Waals surface area contributed by atoms with Crippen molar-refractivity contribution in [2.24, 2.45) is 0 Å². The highest BCUT2D eigenvalue weighted by molar-refractivity contribution is 5.71. The number of carbonyl (C=O) groups excluding carboxylic acids is 1. The van der Waals surface area contributed by atoms with Crippen molar-refractivity contribution in [2.45, 2.75) is 13.5 Å². The lowest BCUT2D eigenvalue weighted by Gasteiger charge is -2.00. The van der Waals surface area contributed by atoms with E-state index in [1.807, 2.05) is 30.3 Å². The third-order valence-corrected chi connectivity index (χ3v) is 1.66. The minimum atomic E-state index is 0.705.